The van der Waals surface area contributed by atoms with E-state index in [9.17, 15) is 14.0 Å². The molecule has 1 amide bonds. The number of amides is 1. The van der Waals surface area contributed by atoms with E-state index < -0.39 is 6.10 Å². The van der Waals surface area contributed by atoms with Crippen LogP contribution < -0.4 is 10.3 Å². The number of para-hydroxylation sites is 1. The molecule has 1 aliphatic rings. The Morgan fingerprint density at radius 2 is 2.00 bits per heavy atom. The van der Waals surface area contributed by atoms with Crippen molar-refractivity contribution in [1.29, 1.82) is 0 Å². The summed E-state index contributed by atoms with van der Waals surface area (Å²) < 4.78 is 24.0. The Hall–Kier alpha value is -3.52. The van der Waals surface area contributed by atoms with E-state index in [1.54, 1.807) is 35.2 Å². The first-order valence-corrected chi connectivity index (χ1v) is 10.3. The van der Waals surface area contributed by atoms with Gasteiger partial charge in [-0.15, -0.1) is 0 Å². The molecule has 0 fully saturated rings. The molecule has 1 aliphatic heterocycles. The fourth-order valence-corrected chi connectivity index (χ4v) is 3.87. The van der Waals surface area contributed by atoms with Crippen LogP contribution in [0.1, 0.15) is 30.3 Å². The zero-order valence-electron chi connectivity index (χ0n) is 17.9. The van der Waals surface area contributed by atoms with E-state index in [-0.39, 0.29) is 29.5 Å². The van der Waals surface area contributed by atoms with E-state index in [4.69, 9.17) is 9.47 Å². The number of fused-ring (bicyclic) bond motifs is 1. The van der Waals surface area contributed by atoms with Crippen LogP contribution in [0.5, 0.6) is 5.75 Å². The van der Waals surface area contributed by atoms with Crippen molar-refractivity contribution in [3.63, 3.8) is 0 Å². The lowest BCUT2D eigenvalue weighted by atomic mass is 9.99. The van der Waals surface area contributed by atoms with E-state index in [1.165, 1.54) is 26.4 Å². The average molecular weight is 437 g/mol. The molecule has 0 bridgehead atoms. The van der Waals surface area contributed by atoms with Gasteiger partial charge in [0.05, 0.1) is 18.9 Å². The Labute approximate surface area is 184 Å². The molecule has 166 valence electrons. The number of ether oxygens (including phenoxy) is 2. The largest absolute Gasteiger partial charge is 0.494 e. The zero-order valence-corrected chi connectivity index (χ0v) is 17.9. The smallest absolute Gasteiger partial charge is 0.258 e. The average Bonchev–Trinajstić information content (AvgIpc) is 2.82. The molecule has 3 aromatic rings. The molecule has 0 aliphatic carbocycles. The maximum Gasteiger partial charge on any atom is 0.258 e. The van der Waals surface area contributed by atoms with Gasteiger partial charge < -0.3 is 19.4 Å². The second kappa shape index (κ2) is 9.32. The summed E-state index contributed by atoms with van der Waals surface area (Å²) in [5, 5.41) is 0.406. The van der Waals surface area contributed by atoms with Gasteiger partial charge >= 0.3 is 0 Å². The molecule has 0 radical (unpaired) electrons. The second-order valence-corrected chi connectivity index (χ2v) is 7.56. The monoisotopic (exact) mass is 437 g/mol. The number of nitrogens with zero attached hydrogens (tertiary/aromatic N) is 2. The van der Waals surface area contributed by atoms with Gasteiger partial charge in [-0.05, 0) is 41.8 Å². The normalized spacial score (nSPS) is 14.8. The number of halogens is 1. The third-order valence-corrected chi connectivity index (χ3v) is 5.66. The van der Waals surface area contributed by atoms with Crippen molar-refractivity contribution in [1.82, 2.24) is 14.9 Å². The molecule has 1 N–H and O–H groups in total. The van der Waals surface area contributed by atoms with E-state index in [1.807, 2.05) is 6.08 Å². The molecule has 1 aromatic heterocycles. The Balaban J connectivity index is 1.50. The number of carbonyl (C=O) groups is 1. The highest BCUT2D eigenvalue weighted by Crippen LogP contribution is 2.26. The topological polar surface area (TPSA) is 84.5 Å². The van der Waals surface area contributed by atoms with E-state index in [2.05, 4.69) is 9.97 Å². The van der Waals surface area contributed by atoms with Crippen molar-refractivity contribution in [3.05, 3.63) is 76.1 Å². The molecule has 0 saturated heterocycles. The fraction of sp³-hybridized carbons (Fsp3) is 0.292. The van der Waals surface area contributed by atoms with Gasteiger partial charge in [-0.1, -0.05) is 24.3 Å². The van der Waals surface area contributed by atoms with Crippen LogP contribution in [0.15, 0.2) is 53.3 Å². The second-order valence-electron chi connectivity index (χ2n) is 7.56. The van der Waals surface area contributed by atoms with Gasteiger partial charge in [-0.2, -0.15) is 0 Å². The van der Waals surface area contributed by atoms with Crippen molar-refractivity contribution >= 4 is 22.4 Å². The van der Waals surface area contributed by atoms with Crippen molar-refractivity contribution < 1.29 is 18.7 Å². The molecule has 32 heavy (non-hydrogen) atoms. The fourth-order valence-electron chi connectivity index (χ4n) is 3.87. The molecule has 0 spiro atoms. The van der Waals surface area contributed by atoms with Gasteiger partial charge in [0.15, 0.2) is 0 Å². The third kappa shape index (κ3) is 4.40. The van der Waals surface area contributed by atoms with Gasteiger partial charge in [-0.3, -0.25) is 9.59 Å². The summed E-state index contributed by atoms with van der Waals surface area (Å²) in [6.07, 6.45) is 2.00. The molecular formula is C24H24FN3O4. The van der Waals surface area contributed by atoms with Crippen LogP contribution >= 0.6 is 0 Å². The number of H-pyrrole nitrogens is 1. The lowest BCUT2D eigenvalue weighted by molar-refractivity contribution is -0.133. The molecule has 7 nitrogen and oxygen atoms in total. The minimum absolute atomic E-state index is 0.0415. The molecule has 2 heterocycles. The summed E-state index contributed by atoms with van der Waals surface area (Å²) in [5.41, 5.74) is 2.15. The molecule has 1 unspecified atom stereocenters. The number of aromatic amines is 1. The molecule has 4 rings (SSSR count). The standard InChI is InChI=1S/C24H24FN3O4/c1-31-19-5-3-4-18-22(19)26-23(27-24(18)30)20(32-2)14-21(29)28-12-10-16(11-13-28)15-6-8-17(25)9-7-15/h3-10,20H,11-14H2,1-2H3,(H,26,27,30). The van der Waals surface area contributed by atoms with E-state index in [0.717, 1.165) is 11.1 Å². The number of nitrogens with one attached hydrogen (secondary N) is 1. The maximum atomic E-state index is 13.2. The Bertz CT molecular complexity index is 1220. The molecule has 1 atom stereocenters. The van der Waals surface area contributed by atoms with Gasteiger partial charge in [0.1, 0.15) is 29.0 Å². The summed E-state index contributed by atoms with van der Waals surface area (Å²) >= 11 is 0. The van der Waals surface area contributed by atoms with Crippen molar-refractivity contribution in [2.45, 2.75) is 18.9 Å². The number of hydrogen-bond donors (Lipinski definition) is 1. The zero-order chi connectivity index (χ0) is 22.7. The van der Waals surface area contributed by atoms with Crippen molar-refractivity contribution in [3.8, 4) is 5.75 Å². The van der Waals surface area contributed by atoms with Gasteiger partial charge in [0.25, 0.3) is 5.56 Å². The van der Waals surface area contributed by atoms with Crippen LogP contribution in [0.3, 0.4) is 0 Å². The molecule has 0 saturated carbocycles. The summed E-state index contributed by atoms with van der Waals surface area (Å²) in [6, 6.07) is 11.5. The van der Waals surface area contributed by atoms with Gasteiger partial charge in [-0.25, -0.2) is 9.37 Å². The highest BCUT2D eigenvalue weighted by molar-refractivity contribution is 5.84. The minimum atomic E-state index is -0.702. The summed E-state index contributed by atoms with van der Waals surface area (Å²) in [4.78, 5) is 34.4. The van der Waals surface area contributed by atoms with Crippen LogP contribution in [0, 0.1) is 5.82 Å². The minimum Gasteiger partial charge on any atom is -0.494 e. The van der Waals surface area contributed by atoms with Crippen molar-refractivity contribution in [2.75, 3.05) is 27.3 Å². The lowest BCUT2D eigenvalue weighted by Crippen LogP contribution is -2.36. The number of methoxy groups -OCH3 is 2. The van der Waals surface area contributed by atoms with E-state index in [0.29, 0.717) is 36.2 Å². The first-order valence-electron chi connectivity index (χ1n) is 10.3. The quantitative estimate of drug-likeness (QED) is 0.639. The predicted molar refractivity (Wildman–Crippen MR) is 119 cm³/mol. The summed E-state index contributed by atoms with van der Waals surface area (Å²) in [6.45, 7) is 1.01. The number of aromatic nitrogens is 2. The third-order valence-electron chi connectivity index (χ3n) is 5.66. The number of rotatable bonds is 6. The van der Waals surface area contributed by atoms with Gasteiger partial charge in [0.2, 0.25) is 5.91 Å². The van der Waals surface area contributed by atoms with Crippen molar-refractivity contribution in [2.24, 2.45) is 0 Å². The maximum absolute atomic E-state index is 13.2. The summed E-state index contributed by atoms with van der Waals surface area (Å²) in [5.74, 6) is 0.382. The van der Waals surface area contributed by atoms with E-state index >= 15 is 0 Å². The number of carbonyl (C=O) groups excluding carboxylic acids is 1. The Kier molecular flexibility index (Phi) is 6.32. The SMILES string of the molecule is COc1cccc2c(=O)[nH]c(C(CC(=O)N3CC=C(c4ccc(F)cc4)CC3)OC)nc12. The molecule has 8 heteroatoms. The highest BCUT2D eigenvalue weighted by Gasteiger charge is 2.24. The van der Waals surface area contributed by atoms with Gasteiger partial charge in [0, 0.05) is 20.2 Å². The Morgan fingerprint density at radius 3 is 2.66 bits per heavy atom. The van der Waals surface area contributed by atoms with Crippen LogP contribution in [-0.4, -0.2) is 48.1 Å². The lowest BCUT2D eigenvalue weighted by Gasteiger charge is -2.28. The highest BCUT2D eigenvalue weighted by atomic mass is 19.1. The summed E-state index contributed by atoms with van der Waals surface area (Å²) in [7, 11) is 2.99. The first-order chi connectivity index (χ1) is 15.5. The van der Waals surface area contributed by atoms with Crippen LogP contribution in [0.4, 0.5) is 4.39 Å². The number of hydrogen-bond acceptors (Lipinski definition) is 5. The van der Waals surface area contributed by atoms with Crippen LogP contribution in [0.2, 0.25) is 0 Å². The molecule has 2 aromatic carbocycles. The van der Waals surface area contributed by atoms with Crippen LogP contribution in [-0.2, 0) is 9.53 Å². The predicted octanol–water partition coefficient (Wildman–Crippen LogP) is 3.46. The Morgan fingerprint density at radius 1 is 1.22 bits per heavy atom. The van der Waals surface area contributed by atoms with Crippen LogP contribution in [0.25, 0.3) is 16.5 Å². The molecular weight excluding hydrogens is 413 g/mol. The number of benzene rings is 2. The first kappa shape index (κ1) is 21.7.